The van der Waals surface area contributed by atoms with Crippen molar-refractivity contribution in [1.29, 1.82) is 0 Å². The fraction of sp³-hybridized carbons (Fsp3) is 0.500. The van der Waals surface area contributed by atoms with Gasteiger partial charge in [-0.05, 0) is 43.9 Å². The molecular formula is C20H27N3O5. The molecule has 1 aromatic rings. The Bertz CT molecular complexity index is 735. The third-order valence-corrected chi connectivity index (χ3v) is 4.54. The Morgan fingerprint density at radius 1 is 1.00 bits per heavy atom. The zero-order valence-corrected chi connectivity index (χ0v) is 16.7. The average molecular weight is 389 g/mol. The number of esters is 1. The minimum atomic E-state index is -0.922. The molecule has 0 spiro atoms. The minimum absolute atomic E-state index is 0.127. The van der Waals surface area contributed by atoms with Crippen LogP contribution < -0.4 is 10.6 Å². The van der Waals surface area contributed by atoms with E-state index >= 15 is 0 Å². The molecule has 1 aliphatic rings. The smallest absolute Gasteiger partial charge is 0.339 e. The molecule has 0 aromatic heterocycles. The van der Waals surface area contributed by atoms with Crippen LogP contribution in [0.25, 0.3) is 0 Å². The van der Waals surface area contributed by atoms with Gasteiger partial charge in [-0.1, -0.05) is 6.92 Å². The van der Waals surface area contributed by atoms with Crippen LogP contribution in [-0.4, -0.2) is 47.8 Å². The molecule has 8 heteroatoms. The van der Waals surface area contributed by atoms with E-state index in [1.165, 1.54) is 32.0 Å². The number of ether oxygens (including phenoxy) is 1. The van der Waals surface area contributed by atoms with E-state index in [2.05, 4.69) is 17.6 Å². The lowest BCUT2D eigenvalue weighted by Crippen LogP contribution is -2.44. The Morgan fingerprint density at radius 3 is 1.96 bits per heavy atom. The zero-order chi connectivity index (χ0) is 20.8. The molecule has 2 rings (SSSR count). The summed E-state index contributed by atoms with van der Waals surface area (Å²) in [6, 6.07) is 4.41. The maximum absolute atomic E-state index is 12.6. The van der Waals surface area contributed by atoms with Crippen LogP contribution in [0.5, 0.6) is 0 Å². The van der Waals surface area contributed by atoms with Crippen LogP contribution in [0.4, 0.5) is 11.4 Å². The van der Waals surface area contributed by atoms with Crippen molar-refractivity contribution in [3.05, 3.63) is 23.8 Å². The van der Waals surface area contributed by atoms with E-state index in [4.69, 9.17) is 4.74 Å². The maximum atomic E-state index is 12.6. The van der Waals surface area contributed by atoms with Crippen molar-refractivity contribution in [3.63, 3.8) is 0 Å². The molecule has 152 valence electrons. The SMILES string of the molecule is CC(=O)Nc1cc(NC(C)=O)cc(C(=O)OC(C)C(=O)N2CCC(C)CC2)c1. The number of rotatable bonds is 5. The lowest BCUT2D eigenvalue weighted by Gasteiger charge is -2.31. The molecule has 1 saturated heterocycles. The highest BCUT2D eigenvalue weighted by Crippen LogP contribution is 2.21. The first kappa shape index (κ1) is 21.4. The second-order valence-corrected chi connectivity index (χ2v) is 7.22. The van der Waals surface area contributed by atoms with E-state index in [1.807, 2.05) is 0 Å². The molecule has 8 nitrogen and oxygen atoms in total. The summed E-state index contributed by atoms with van der Waals surface area (Å²) in [4.78, 5) is 49.5. The number of nitrogens with zero attached hydrogens (tertiary/aromatic N) is 1. The molecule has 1 fully saturated rings. The van der Waals surface area contributed by atoms with Gasteiger partial charge in [0.1, 0.15) is 0 Å². The van der Waals surface area contributed by atoms with E-state index in [0.29, 0.717) is 30.4 Å². The standard InChI is InChI=1S/C20H27N3O5/c1-12-5-7-23(8-6-12)19(26)13(2)28-20(27)16-9-17(21-14(3)24)11-18(10-16)22-15(4)25/h9-13H,5-8H2,1-4H3,(H,21,24)(H,22,25). The number of anilines is 2. The van der Waals surface area contributed by atoms with Gasteiger partial charge in [-0.25, -0.2) is 4.79 Å². The molecule has 0 aliphatic carbocycles. The second-order valence-electron chi connectivity index (χ2n) is 7.22. The van der Waals surface area contributed by atoms with Crippen molar-refractivity contribution < 1.29 is 23.9 Å². The molecule has 0 saturated carbocycles. The van der Waals surface area contributed by atoms with Gasteiger partial charge >= 0.3 is 5.97 Å². The van der Waals surface area contributed by atoms with Crippen LogP contribution >= 0.6 is 0 Å². The molecular weight excluding hydrogens is 362 g/mol. The van der Waals surface area contributed by atoms with Crippen LogP contribution in [-0.2, 0) is 19.1 Å². The van der Waals surface area contributed by atoms with Crippen molar-refractivity contribution in [2.45, 2.75) is 46.6 Å². The topological polar surface area (TPSA) is 105 Å². The summed E-state index contributed by atoms with van der Waals surface area (Å²) >= 11 is 0. The molecule has 3 amide bonds. The summed E-state index contributed by atoms with van der Waals surface area (Å²) in [5.74, 6) is -0.972. The van der Waals surface area contributed by atoms with Gasteiger partial charge in [0.25, 0.3) is 5.91 Å². The molecule has 1 atom stereocenters. The number of carbonyl (C=O) groups is 4. The average Bonchev–Trinajstić information content (AvgIpc) is 2.60. The van der Waals surface area contributed by atoms with Gasteiger partial charge in [0.05, 0.1) is 5.56 Å². The predicted octanol–water partition coefficient (Wildman–Crippen LogP) is 2.41. The predicted molar refractivity (Wildman–Crippen MR) is 105 cm³/mol. The lowest BCUT2D eigenvalue weighted by atomic mass is 9.99. The third kappa shape index (κ3) is 6.07. The van der Waals surface area contributed by atoms with Crippen molar-refractivity contribution in [3.8, 4) is 0 Å². The van der Waals surface area contributed by atoms with Gasteiger partial charge in [0.2, 0.25) is 11.8 Å². The zero-order valence-electron chi connectivity index (χ0n) is 16.7. The summed E-state index contributed by atoms with van der Waals surface area (Å²) in [7, 11) is 0. The number of piperidine rings is 1. The van der Waals surface area contributed by atoms with Crippen LogP contribution in [0.1, 0.15) is 50.9 Å². The first-order valence-electron chi connectivity index (χ1n) is 9.35. The number of hydrogen-bond acceptors (Lipinski definition) is 5. The fourth-order valence-electron chi connectivity index (χ4n) is 3.06. The van der Waals surface area contributed by atoms with E-state index < -0.39 is 12.1 Å². The summed E-state index contributed by atoms with van der Waals surface area (Å²) in [5.41, 5.74) is 0.811. The molecule has 1 heterocycles. The number of likely N-dealkylation sites (tertiary alicyclic amines) is 1. The van der Waals surface area contributed by atoms with Gasteiger partial charge in [-0.15, -0.1) is 0 Å². The number of hydrogen-bond donors (Lipinski definition) is 2. The fourth-order valence-corrected chi connectivity index (χ4v) is 3.06. The molecule has 28 heavy (non-hydrogen) atoms. The Morgan fingerprint density at radius 2 is 1.50 bits per heavy atom. The van der Waals surface area contributed by atoms with Crippen LogP contribution in [0.15, 0.2) is 18.2 Å². The molecule has 1 aliphatic heterocycles. The van der Waals surface area contributed by atoms with Gasteiger partial charge in [0.15, 0.2) is 6.10 Å². The normalized spacial score (nSPS) is 15.5. The largest absolute Gasteiger partial charge is 0.449 e. The van der Waals surface area contributed by atoms with Crippen molar-refractivity contribution in [2.75, 3.05) is 23.7 Å². The summed E-state index contributed by atoms with van der Waals surface area (Å²) < 4.78 is 5.34. The van der Waals surface area contributed by atoms with Gasteiger partial charge in [0, 0.05) is 38.3 Å². The molecule has 0 radical (unpaired) electrons. The first-order valence-corrected chi connectivity index (χ1v) is 9.35. The van der Waals surface area contributed by atoms with Crippen LogP contribution in [0, 0.1) is 5.92 Å². The Balaban J connectivity index is 2.11. The van der Waals surface area contributed by atoms with Crippen molar-refractivity contribution >= 4 is 35.1 Å². The van der Waals surface area contributed by atoms with Crippen LogP contribution in [0.2, 0.25) is 0 Å². The van der Waals surface area contributed by atoms with E-state index in [9.17, 15) is 19.2 Å². The monoisotopic (exact) mass is 389 g/mol. The van der Waals surface area contributed by atoms with E-state index in [-0.39, 0.29) is 23.3 Å². The lowest BCUT2D eigenvalue weighted by molar-refractivity contribution is -0.141. The van der Waals surface area contributed by atoms with Crippen molar-refractivity contribution in [1.82, 2.24) is 4.90 Å². The number of benzene rings is 1. The molecule has 1 aromatic carbocycles. The number of amides is 3. The molecule has 2 N–H and O–H groups in total. The summed E-state index contributed by atoms with van der Waals surface area (Å²) in [6.45, 7) is 7.69. The van der Waals surface area contributed by atoms with Crippen LogP contribution in [0.3, 0.4) is 0 Å². The van der Waals surface area contributed by atoms with Gasteiger partial charge in [-0.3, -0.25) is 14.4 Å². The Labute approximate surface area is 164 Å². The highest BCUT2D eigenvalue weighted by atomic mass is 16.5. The van der Waals surface area contributed by atoms with E-state index in [0.717, 1.165) is 12.8 Å². The minimum Gasteiger partial charge on any atom is -0.449 e. The quantitative estimate of drug-likeness (QED) is 0.753. The summed E-state index contributed by atoms with van der Waals surface area (Å²) in [5, 5.41) is 5.14. The van der Waals surface area contributed by atoms with Gasteiger partial charge < -0.3 is 20.3 Å². The Kier molecular flexibility index (Phi) is 7.14. The second kappa shape index (κ2) is 9.34. The molecule has 1 unspecified atom stereocenters. The maximum Gasteiger partial charge on any atom is 0.339 e. The van der Waals surface area contributed by atoms with Gasteiger partial charge in [-0.2, -0.15) is 0 Å². The van der Waals surface area contributed by atoms with E-state index in [1.54, 1.807) is 11.8 Å². The molecule has 0 bridgehead atoms. The first-order chi connectivity index (χ1) is 13.2. The van der Waals surface area contributed by atoms with Crippen molar-refractivity contribution in [2.24, 2.45) is 5.92 Å². The Hall–Kier alpha value is -2.90. The highest BCUT2D eigenvalue weighted by molar-refractivity contribution is 5.98. The number of nitrogens with one attached hydrogen (secondary N) is 2. The highest BCUT2D eigenvalue weighted by Gasteiger charge is 2.27. The summed E-state index contributed by atoms with van der Waals surface area (Å²) in [6.07, 6.45) is 0.950. The number of carbonyl (C=O) groups excluding carboxylic acids is 4. The third-order valence-electron chi connectivity index (χ3n) is 4.54.